The summed E-state index contributed by atoms with van der Waals surface area (Å²) in [5.41, 5.74) is 10.4. The molecule has 4 fully saturated rings. The Labute approximate surface area is 300 Å². The second kappa shape index (κ2) is 13.4. The van der Waals surface area contributed by atoms with Crippen LogP contribution in [0.5, 0.6) is 0 Å². The number of primary amides is 1. The molecule has 1 aliphatic carbocycles. The molecular formula is C39H43N9O4. The molecule has 0 bridgehead atoms. The normalized spacial score (nSPS) is 23.2. The molecule has 1 unspecified atom stereocenters. The molecule has 13 heteroatoms. The number of hydrogen-bond acceptors (Lipinski definition) is 10. The highest BCUT2D eigenvalue weighted by Crippen LogP contribution is 2.43. The smallest absolute Gasteiger partial charge is 0.271 e. The lowest BCUT2D eigenvalue weighted by Gasteiger charge is -2.46. The van der Waals surface area contributed by atoms with E-state index in [1.54, 1.807) is 6.20 Å². The Morgan fingerprint density at radius 3 is 2.46 bits per heavy atom. The molecule has 52 heavy (non-hydrogen) atoms. The summed E-state index contributed by atoms with van der Waals surface area (Å²) >= 11 is 0. The minimum Gasteiger partial charge on any atom is -0.364 e. The summed E-state index contributed by atoms with van der Waals surface area (Å²) in [6, 6.07) is 15.6. The first-order chi connectivity index (χ1) is 25.4. The molecule has 0 radical (unpaired) electrons. The van der Waals surface area contributed by atoms with Crippen molar-refractivity contribution in [1.29, 1.82) is 0 Å². The number of anilines is 3. The van der Waals surface area contributed by atoms with Crippen molar-refractivity contribution < 1.29 is 18.9 Å². The van der Waals surface area contributed by atoms with Gasteiger partial charge in [0.05, 0.1) is 17.5 Å². The van der Waals surface area contributed by atoms with E-state index in [0.717, 1.165) is 92.5 Å². The van der Waals surface area contributed by atoms with Crippen molar-refractivity contribution in [3.05, 3.63) is 71.8 Å². The van der Waals surface area contributed by atoms with Crippen LogP contribution in [-0.2, 0) is 9.59 Å². The molecule has 1 saturated carbocycles. The first kappa shape index (κ1) is 32.6. The van der Waals surface area contributed by atoms with Crippen molar-refractivity contribution in [3.63, 3.8) is 0 Å². The standard InChI is InChI=1S/C39H43N9O4/c40-37(50)36-38(43-32(22-41-36)47-15-2-1-3-16-47)42-25-6-4-23(5-7-25)24-12-17-46(18-13-24)26-20-27(21-26)48-19-14-28-30(48)9-10-31-34(28)35(45-52-31)29-8-11-33(49)44-39(29)51/h4-7,9-10,14,19,22,24,26-27,29H,1-3,8,11-13,15-18,20-21H2,(H2,40,50)(H,42,43)(H,44,49,51)/t26-,27-,29?. The van der Waals surface area contributed by atoms with Gasteiger partial charge in [-0.25, -0.2) is 9.97 Å². The first-order valence-electron chi connectivity index (χ1n) is 18.6. The van der Waals surface area contributed by atoms with Crippen LogP contribution in [0.2, 0.25) is 0 Å². The van der Waals surface area contributed by atoms with E-state index < -0.39 is 11.8 Å². The van der Waals surface area contributed by atoms with Crippen molar-refractivity contribution in [2.75, 3.05) is 36.4 Å². The lowest BCUT2D eigenvalue weighted by molar-refractivity contribution is -0.134. The van der Waals surface area contributed by atoms with Crippen LogP contribution in [0.1, 0.15) is 97.4 Å². The average Bonchev–Trinajstić information content (AvgIpc) is 3.77. The van der Waals surface area contributed by atoms with Crippen molar-refractivity contribution >= 4 is 56.9 Å². The Morgan fingerprint density at radius 2 is 1.71 bits per heavy atom. The summed E-state index contributed by atoms with van der Waals surface area (Å²) in [4.78, 5) is 50.5. The van der Waals surface area contributed by atoms with Crippen LogP contribution in [0.15, 0.2) is 59.4 Å². The molecule has 3 aliphatic heterocycles. The number of benzene rings is 2. The maximum absolute atomic E-state index is 12.7. The molecule has 5 aromatic rings. The number of fused-ring (bicyclic) bond motifs is 3. The summed E-state index contributed by atoms with van der Waals surface area (Å²) in [7, 11) is 0. The van der Waals surface area contributed by atoms with Gasteiger partial charge >= 0.3 is 0 Å². The van der Waals surface area contributed by atoms with Crippen molar-refractivity contribution in [1.82, 2.24) is 29.9 Å². The van der Waals surface area contributed by atoms with Crippen LogP contribution in [0.4, 0.5) is 17.3 Å². The van der Waals surface area contributed by atoms with Crippen LogP contribution >= 0.6 is 0 Å². The number of carbonyl (C=O) groups is 3. The van der Waals surface area contributed by atoms with Gasteiger partial charge in [0.1, 0.15) is 11.5 Å². The van der Waals surface area contributed by atoms with Gasteiger partial charge in [-0.2, -0.15) is 0 Å². The molecule has 268 valence electrons. The number of rotatable bonds is 8. The lowest BCUT2D eigenvalue weighted by atomic mass is 9.82. The Kier molecular flexibility index (Phi) is 8.37. The van der Waals surface area contributed by atoms with Gasteiger partial charge in [-0.3, -0.25) is 19.7 Å². The fourth-order valence-corrected chi connectivity index (χ4v) is 8.79. The second-order valence-electron chi connectivity index (χ2n) is 14.8. The number of amides is 3. The highest BCUT2D eigenvalue weighted by molar-refractivity contribution is 6.09. The SMILES string of the molecule is NC(=O)c1ncc(N2CCCCC2)nc1Nc1ccc(C2CCN([C@H]3C[C@H](n4ccc5c6c(C7CCC(=O)NC7=O)noc6ccc54)C3)CC2)cc1. The van der Waals surface area contributed by atoms with E-state index in [4.69, 9.17) is 15.2 Å². The summed E-state index contributed by atoms with van der Waals surface area (Å²) < 4.78 is 8.01. The Bertz CT molecular complexity index is 2160. The molecule has 3 aromatic heterocycles. The topological polar surface area (TPSA) is 165 Å². The predicted octanol–water partition coefficient (Wildman–Crippen LogP) is 5.51. The Morgan fingerprint density at radius 1 is 0.923 bits per heavy atom. The molecule has 2 aromatic carbocycles. The summed E-state index contributed by atoms with van der Waals surface area (Å²) in [5.74, 6) is 0.0367. The van der Waals surface area contributed by atoms with Crippen molar-refractivity contribution in [2.45, 2.75) is 81.7 Å². The van der Waals surface area contributed by atoms with E-state index in [1.807, 2.05) is 6.07 Å². The van der Waals surface area contributed by atoms with Crippen molar-refractivity contribution in [3.8, 4) is 0 Å². The Balaban J connectivity index is 0.818. The fourth-order valence-electron chi connectivity index (χ4n) is 8.79. The van der Waals surface area contributed by atoms with Gasteiger partial charge in [-0.15, -0.1) is 0 Å². The third kappa shape index (κ3) is 5.96. The maximum atomic E-state index is 12.7. The first-order valence-corrected chi connectivity index (χ1v) is 18.6. The molecule has 1 atom stereocenters. The molecule has 6 heterocycles. The van der Waals surface area contributed by atoms with Gasteiger partial charge in [0.2, 0.25) is 11.8 Å². The molecule has 3 saturated heterocycles. The number of carbonyl (C=O) groups excluding carboxylic acids is 3. The molecule has 4 aliphatic rings. The fraction of sp³-hybridized carbons (Fsp3) is 0.436. The van der Waals surface area contributed by atoms with Crippen LogP contribution in [0, 0.1) is 0 Å². The minimum absolute atomic E-state index is 0.145. The van der Waals surface area contributed by atoms with Gasteiger partial charge in [-0.1, -0.05) is 17.3 Å². The summed E-state index contributed by atoms with van der Waals surface area (Å²) in [5, 5.41) is 12.0. The predicted molar refractivity (Wildman–Crippen MR) is 197 cm³/mol. The number of nitrogens with two attached hydrogens (primary N) is 1. The van der Waals surface area contributed by atoms with Gasteiger partial charge in [0, 0.05) is 54.4 Å². The number of piperidine rings is 3. The monoisotopic (exact) mass is 701 g/mol. The van der Waals surface area contributed by atoms with Crippen LogP contribution in [0.3, 0.4) is 0 Å². The molecule has 0 spiro atoms. The largest absolute Gasteiger partial charge is 0.364 e. The number of hydrogen-bond donors (Lipinski definition) is 3. The third-order valence-corrected chi connectivity index (χ3v) is 11.8. The summed E-state index contributed by atoms with van der Waals surface area (Å²) in [6.07, 6.45) is 12.5. The third-order valence-electron chi connectivity index (χ3n) is 11.8. The quantitative estimate of drug-likeness (QED) is 0.176. The zero-order valence-electron chi connectivity index (χ0n) is 29.1. The average molecular weight is 702 g/mol. The number of imide groups is 1. The second-order valence-corrected chi connectivity index (χ2v) is 14.8. The minimum atomic E-state index is -0.600. The number of nitrogens with one attached hydrogen (secondary N) is 2. The Hall–Kier alpha value is -5.30. The van der Waals surface area contributed by atoms with Crippen molar-refractivity contribution in [2.24, 2.45) is 5.73 Å². The lowest BCUT2D eigenvalue weighted by Crippen LogP contribution is -2.48. The van der Waals surface area contributed by atoms with Crippen LogP contribution in [-0.4, -0.2) is 74.5 Å². The molecule has 13 nitrogen and oxygen atoms in total. The van der Waals surface area contributed by atoms with Gasteiger partial charge in [-0.05, 0) is 106 Å². The van der Waals surface area contributed by atoms with E-state index in [-0.39, 0.29) is 17.5 Å². The van der Waals surface area contributed by atoms with Gasteiger partial charge in [0.15, 0.2) is 17.1 Å². The maximum Gasteiger partial charge on any atom is 0.271 e. The zero-order chi connectivity index (χ0) is 35.3. The number of likely N-dealkylation sites (tertiary alicyclic amines) is 1. The van der Waals surface area contributed by atoms with Gasteiger partial charge < -0.3 is 29.9 Å². The number of aromatic nitrogens is 4. The van der Waals surface area contributed by atoms with E-state index in [2.05, 4.69) is 77.7 Å². The van der Waals surface area contributed by atoms with E-state index in [1.165, 1.54) is 12.0 Å². The highest BCUT2D eigenvalue weighted by Gasteiger charge is 2.38. The van der Waals surface area contributed by atoms with E-state index in [9.17, 15) is 14.4 Å². The van der Waals surface area contributed by atoms with Crippen LogP contribution < -0.4 is 21.3 Å². The molecule has 9 rings (SSSR count). The molecule has 3 amide bonds. The highest BCUT2D eigenvalue weighted by atomic mass is 16.5. The van der Waals surface area contributed by atoms with Crippen LogP contribution in [0.25, 0.3) is 21.9 Å². The summed E-state index contributed by atoms with van der Waals surface area (Å²) in [6.45, 7) is 4.03. The van der Waals surface area contributed by atoms with E-state index in [0.29, 0.717) is 47.9 Å². The zero-order valence-corrected chi connectivity index (χ0v) is 29.1. The molecular weight excluding hydrogens is 658 g/mol. The van der Waals surface area contributed by atoms with E-state index >= 15 is 0 Å². The molecule has 4 N–H and O–H groups in total. The van der Waals surface area contributed by atoms with Gasteiger partial charge in [0.25, 0.3) is 5.91 Å². The number of nitrogens with zero attached hydrogens (tertiary/aromatic N) is 6.